The maximum absolute atomic E-state index is 13.2. The molecule has 1 N–H and O–H groups in total. The van der Waals surface area contributed by atoms with E-state index in [1.165, 1.54) is 17.3 Å². The number of carboxylic acids is 1. The van der Waals surface area contributed by atoms with Gasteiger partial charge in [0.1, 0.15) is 6.04 Å². The van der Waals surface area contributed by atoms with Crippen LogP contribution in [0.3, 0.4) is 0 Å². The Hall–Kier alpha value is -1.83. The normalized spacial score (nSPS) is 20.1. The first-order chi connectivity index (χ1) is 13.1. The van der Waals surface area contributed by atoms with Crippen molar-refractivity contribution in [3.05, 3.63) is 53.6 Å². The fourth-order valence-electron chi connectivity index (χ4n) is 3.64. The molecule has 0 unspecified atom stereocenters. The molecule has 5 nitrogen and oxygen atoms in total. The van der Waals surface area contributed by atoms with E-state index in [4.69, 9.17) is 0 Å². The molecule has 3 rings (SSSR count). The third kappa shape index (κ3) is 3.71. The maximum Gasteiger partial charge on any atom is 0.323 e. The second kappa shape index (κ2) is 7.54. The van der Waals surface area contributed by atoms with Gasteiger partial charge in [-0.3, -0.25) is 4.79 Å². The smallest absolute Gasteiger partial charge is 0.323 e. The van der Waals surface area contributed by atoms with Gasteiger partial charge in [-0.1, -0.05) is 30.3 Å². The molecule has 7 heteroatoms. The van der Waals surface area contributed by atoms with Gasteiger partial charge in [0.2, 0.25) is 10.0 Å². The number of sulfonamides is 1. The summed E-state index contributed by atoms with van der Waals surface area (Å²) in [5.74, 6) is -0.552. The van der Waals surface area contributed by atoms with E-state index in [2.05, 4.69) is 0 Å². The van der Waals surface area contributed by atoms with Crippen molar-refractivity contribution in [2.24, 2.45) is 0 Å². The molecule has 0 radical (unpaired) electrons. The van der Waals surface area contributed by atoms with Crippen LogP contribution in [0.15, 0.2) is 47.4 Å². The minimum absolute atomic E-state index is 0.121. The maximum atomic E-state index is 13.2. The fourth-order valence-corrected chi connectivity index (χ4v) is 6.73. The number of hydrogen-bond donors (Lipinski definition) is 1. The van der Waals surface area contributed by atoms with Gasteiger partial charge in [0.05, 0.1) is 4.90 Å². The second-order valence-corrected chi connectivity index (χ2v) is 11.2. The van der Waals surface area contributed by atoms with Crippen LogP contribution < -0.4 is 0 Å². The Labute approximate surface area is 170 Å². The first kappa shape index (κ1) is 20.9. The predicted octanol–water partition coefficient (Wildman–Crippen LogP) is 3.94. The molecule has 150 valence electrons. The van der Waals surface area contributed by atoms with E-state index in [0.717, 1.165) is 21.0 Å². The molecule has 1 atom stereocenters. The second-order valence-electron chi connectivity index (χ2n) is 7.58. The highest BCUT2D eigenvalue weighted by Crippen LogP contribution is 2.38. The molecule has 1 fully saturated rings. The van der Waals surface area contributed by atoms with Crippen molar-refractivity contribution in [2.75, 3.05) is 12.3 Å². The Kier molecular flexibility index (Phi) is 5.62. The molecule has 0 amide bonds. The number of carbonyl (C=O) groups is 1. The topological polar surface area (TPSA) is 74.7 Å². The summed E-state index contributed by atoms with van der Waals surface area (Å²) < 4.78 is 26.9. The summed E-state index contributed by atoms with van der Waals surface area (Å²) in [6.07, 6.45) is 0. The van der Waals surface area contributed by atoms with Crippen LogP contribution in [0.1, 0.15) is 25.0 Å². The molecule has 28 heavy (non-hydrogen) atoms. The number of nitrogens with zero attached hydrogens (tertiary/aromatic N) is 1. The molecule has 1 saturated heterocycles. The Morgan fingerprint density at radius 1 is 1.14 bits per heavy atom. The largest absolute Gasteiger partial charge is 0.480 e. The highest BCUT2D eigenvalue weighted by atomic mass is 32.2. The minimum atomic E-state index is -3.91. The standard InChI is InChI=1S/C21H25NO4S2/c1-14-6-5-7-18(15(14)2)16-8-10-17(11-9-16)28(25,26)22-12-13-27-21(3,4)19(22)20(23)24/h5-11,19H,12-13H2,1-4H3,(H,23,24)/t19-/m0/s1. The summed E-state index contributed by atoms with van der Waals surface area (Å²) in [6.45, 7) is 7.83. The number of thioether (sulfide) groups is 1. The monoisotopic (exact) mass is 419 g/mol. The predicted molar refractivity (Wildman–Crippen MR) is 113 cm³/mol. The molecule has 1 aliphatic rings. The molecule has 1 heterocycles. The molecule has 0 aliphatic carbocycles. The Morgan fingerprint density at radius 2 is 1.79 bits per heavy atom. The number of carboxylic acid groups (broad SMARTS) is 1. The van der Waals surface area contributed by atoms with Gasteiger partial charge in [0.15, 0.2) is 0 Å². The SMILES string of the molecule is Cc1cccc(-c2ccc(S(=O)(=O)N3CCSC(C)(C)[C@@H]3C(=O)O)cc2)c1C. The highest BCUT2D eigenvalue weighted by molar-refractivity contribution is 8.00. The Bertz CT molecular complexity index is 998. The van der Waals surface area contributed by atoms with Crippen LogP contribution in [0.4, 0.5) is 0 Å². The minimum Gasteiger partial charge on any atom is -0.480 e. The number of hydrogen-bond acceptors (Lipinski definition) is 4. The van der Waals surface area contributed by atoms with Crippen molar-refractivity contribution in [3.8, 4) is 11.1 Å². The third-order valence-corrected chi connectivity index (χ3v) is 8.58. The quantitative estimate of drug-likeness (QED) is 0.812. The van der Waals surface area contributed by atoms with Gasteiger partial charge in [0, 0.05) is 17.0 Å². The lowest BCUT2D eigenvalue weighted by Gasteiger charge is -2.42. The van der Waals surface area contributed by atoms with Gasteiger partial charge in [0.25, 0.3) is 0 Å². The summed E-state index contributed by atoms with van der Waals surface area (Å²) in [5.41, 5.74) is 4.32. The van der Waals surface area contributed by atoms with Crippen molar-refractivity contribution in [2.45, 2.75) is 43.4 Å². The lowest BCUT2D eigenvalue weighted by atomic mass is 9.97. The molecule has 0 spiro atoms. The van der Waals surface area contributed by atoms with Crippen molar-refractivity contribution in [1.82, 2.24) is 4.31 Å². The lowest BCUT2D eigenvalue weighted by Crippen LogP contribution is -2.58. The molecule has 0 saturated carbocycles. The van der Waals surface area contributed by atoms with Gasteiger partial charge in [-0.05, 0) is 62.1 Å². The van der Waals surface area contributed by atoms with Crippen molar-refractivity contribution in [1.29, 1.82) is 0 Å². The zero-order valence-electron chi connectivity index (χ0n) is 16.5. The van der Waals surface area contributed by atoms with Crippen LogP contribution >= 0.6 is 11.8 Å². The first-order valence-electron chi connectivity index (χ1n) is 9.11. The summed E-state index contributed by atoms with van der Waals surface area (Å²) in [6, 6.07) is 11.6. The van der Waals surface area contributed by atoms with Crippen LogP contribution in [-0.4, -0.2) is 46.9 Å². The number of aryl methyl sites for hydroxylation is 1. The Morgan fingerprint density at radius 3 is 2.39 bits per heavy atom. The van der Waals surface area contributed by atoms with Gasteiger partial charge < -0.3 is 5.11 Å². The summed E-state index contributed by atoms with van der Waals surface area (Å²) in [4.78, 5) is 12.0. The van der Waals surface area contributed by atoms with Crippen LogP contribution in [0.5, 0.6) is 0 Å². The fraction of sp³-hybridized carbons (Fsp3) is 0.381. The molecular formula is C21H25NO4S2. The first-order valence-corrected chi connectivity index (χ1v) is 11.5. The van der Waals surface area contributed by atoms with E-state index < -0.39 is 26.8 Å². The van der Waals surface area contributed by atoms with Crippen LogP contribution in [0, 0.1) is 13.8 Å². The zero-order valence-corrected chi connectivity index (χ0v) is 18.1. The van der Waals surface area contributed by atoms with E-state index in [0.29, 0.717) is 5.75 Å². The summed E-state index contributed by atoms with van der Waals surface area (Å²) in [5, 5.41) is 9.68. The molecule has 0 bridgehead atoms. The van der Waals surface area contributed by atoms with Gasteiger partial charge >= 0.3 is 5.97 Å². The average molecular weight is 420 g/mol. The average Bonchev–Trinajstić information content (AvgIpc) is 2.62. The number of aliphatic carboxylic acids is 1. The van der Waals surface area contributed by atoms with Crippen LogP contribution in [-0.2, 0) is 14.8 Å². The van der Waals surface area contributed by atoms with Crippen LogP contribution in [0.25, 0.3) is 11.1 Å². The molecular weight excluding hydrogens is 394 g/mol. The van der Waals surface area contributed by atoms with Crippen molar-refractivity contribution >= 4 is 27.8 Å². The van der Waals surface area contributed by atoms with Crippen LogP contribution in [0.2, 0.25) is 0 Å². The lowest BCUT2D eigenvalue weighted by molar-refractivity contribution is -0.142. The number of benzene rings is 2. The van der Waals surface area contributed by atoms with E-state index in [9.17, 15) is 18.3 Å². The van der Waals surface area contributed by atoms with Crippen molar-refractivity contribution in [3.63, 3.8) is 0 Å². The van der Waals surface area contributed by atoms with Gasteiger partial charge in [-0.25, -0.2) is 8.42 Å². The van der Waals surface area contributed by atoms with E-state index in [-0.39, 0.29) is 11.4 Å². The third-order valence-electron chi connectivity index (χ3n) is 5.34. The molecule has 0 aromatic heterocycles. The van der Waals surface area contributed by atoms with Gasteiger partial charge in [-0.15, -0.1) is 0 Å². The Balaban J connectivity index is 1.98. The molecule has 2 aromatic carbocycles. The van der Waals surface area contributed by atoms with Gasteiger partial charge in [-0.2, -0.15) is 16.1 Å². The highest BCUT2D eigenvalue weighted by Gasteiger charge is 2.48. The van der Waals surface area contributed by atoms with E-state index in [1.807, 2.05) is 32.0 Å². The van der Waals surface area contributed by atoms with E-state index in [1.54, 1.807) is 38.1 Å². The molecule has 1 aliphatic heterocycles. The number of rotatable bonds is 4. The summed E-state index contributed by atoms with van der Waals surface area (Å²) >= 11 is 1.49. The van der Waals surface area contributed by atoms with Crippen molar-refractivity contribution < 1.29 is 18.3 Å². The zero-order chi connectivity index (χ0) is 20.7. The summed E-state index contributed by atoms with van der Waals surface area (Å²) in [7, 11) is -3.91. The van der Waals surface area contributed by atoms with E-state index >= 15 is 0 Å². The molecule has 2 aromatic rings.